The van der Waals surface area contributed by atoms with Gasteiger partial charge in [-0.05, 0) is 19.1 Å². The molecule has 0 aliphatic carbocycles. The number of rotatable bonds is 4. The van der Waals surface area contributed by atoms with E-state index in [2.05, 4.69) is 17.2 Å². The summed E-state index contributed by atoms with van der Waals surface area (Å²) >= 11 is 0. The van der Waals surface area contributed by atoms with Crippen LogP contribution in [0.3, 0.4) is 0 Å². The Labute approximate surface area is 121 Å². The minimum atomic E-state index is -0.909. The Kier molecular flexibility index (Phi) is 6.34. The lowest BCUT2D eigenvalue weighted by molar-refractivity contribution is -0.147. The lowest BCUT2D eigenvalue weighted by atomic mass is 10.1. The minimum absolute atomic E-state index is 0.0173. The van der Waals surface area contributed by atoms with E-state index in [9.17, 15) is 18.4 Å². The van der Waals surface area contributed by atoms with E-state index in [1.165, 1.54) is 6.92 Å². The molecular weight excluding hydrogens is 280 g/mol. The normalized spacial score (nSPS) is 11.0. The van der Waals surface area contributed by atoms with E-state index in [1.54, 1.807) is 6.92 Å². The molecule has 1 N–H and O–H groups in total. The predicted octanol–water partition coefficient (Wildman–Crippen LogP) is 1.77. The lowest BCUT2D eigenvalue weighted by Gasteiger charge is -2.13. The molecule has 0 saturated carbocycles. The lowest BCUT2D eigenvalue weighted by Crippen LogP contribution is -2.40. The molecule has 0 spiro atoms. The third-order valence-electron chi connectivity index (χ3n) is 2.35. The standard InChI is InChI=1S/C15H15F2NO3/c1-3-21-15(20)14(18-10(2)19)6-4-5-11-7-12(16)9-13(17)8-11/h7-9,14H,3,6H2,1-2H3,(H,18,19)/t14-/m0/s1. The second kappa shape index (κ2) is 8.00. The first-order valence-corrected chi connectivity index (χ1v) is 6.31. The Hall–Kier alpha value is -2.42. The van der Waals surface area contributed by atoms with Gasteiger partial charge in [0.05, 0.1) is 6.61 Å². The molecular formula is C15H15F2NO3. The number of benzene rings is 1. The van der Waals surface area contributed by atoms with Crippen LogP contribution in [0.25, 0.3) is 0 Å². The van der Waals surface area contributed by atoms with Crippen molar-refractivity contribution in [3.63, 3.8) is 0 Å². The Bertz CT molecular complexity index is 570. The summed E-state index contributed by atoms with van der Waals surface area (Å²) in [5, 5.41) is 2.41. The van der Waals surface area contributed by atoms with Gasteiger partial charge in [0.2, 0.25) is 5.91 Å². The highest BCUT2D eigenvalue weighted by Crippen LogP contribution is 2.06. The van der Waals surface area contributed by atoms with Gasteiger partial charge >= 0.3 is 5.97 Å². The summed E-state index contributed by atoms with van der Waals surface area (Å²) in [6.45, 7) is 3.09. The number of ether oxygens (including phenoxy) is 1. The molecule has 1 atom stereocenters. The molecule has 0 bridgehead atoms. The van der Waals surface area contributed by atoms with Crippen LogP contribution in [0, 0.1) is 23.5 Å². The average molecular weight is 295 g/mol. The van der Waals surface area contributed by atoms with Gasteiger partial charge < -0.3 is 10.1 Å². The van der Waals surface area contributed by atoms with Crippen molar-refractivity contribution in [2.24, 2.45) is 0 Å². The van der Waals surface area contributed by atoms with Gasteiger partial charge in [-0.3, -0.25) is 4.79 Å². The number of halogens is 2. The maximum absolute atomic E-state index is 13.0. The summed E-state index contributed by atoms with van der Waals surface area (Å²) in [7, 11) is 0. The smallest absolute Gasteiger partial charge is 0.329 e. The summed E-state index contributed by atoms with van der Waals surface area (Å²) in [4.78, 5) is 22.6. The van der Waals surface area contributed by atoms with Crippen molar-refractivity contribution < 1.29 is 23.1 Å². The molecule has 0 heterocycles. The molecule has 0 aliphatic rings. The first-order chi connectivity index (χ1) is 9.92. The molecule has 6 heteroatoms. The van der Waals surface area contributed by atoms with Gasteiger partial charge in [0.15, 0.2) is 0 Å². The zero-order valence-electron chi connectivity index (χ0n) is 11.7. The molecule has 1 amide bonds. The molecule has 0 aromatic heterocycles. The third kappa shape index (κ3) is 6.04. The molecule has 4 nitrogen and oxygen atoms in total. The van der Waals surface area contributed by atoms with Gasteiger partial charge in [-0.2, -0.15) is 0 Å². The summed E-state index contributed by atoms with van der Waals surface area (Å²) in [5.74, 6) is 2.67. The summed E-state index contributed by atoms with van der Waals surface area (Å²) in [6, 6.07) is 1.99. The molecule has 0 aliphatic heterocycles. The van der Waals surface area contributed by atoms with Crippen molar-refractivity contribution in [3.05, 3.63) is 35.4 Å². The molecule has 0 radical (unpaired) electrons. The Morgan fingerprint density at radius 2 is 1.90 bits per heavy atom. The number of hydrogen-bond donors (Lipinski definition) is 1. The van der Waals surface area contributed by atoms with E-state index >= 15 is 0 Å². The van der Waals surface area contributed by atoms with Crippen LogP contribution in [-0.4, -0.2) is 24.5 Å². The molecule has 21 heavy (non-hydrogen) atoms. The second-order valence-electron chi connectivity index (χ2n) is 4.17. The fraction of sp³-hybridized carbons (Fsp3) is 0.333. The van der Waals surface area contributed by atoms with Gasteiger partial charge in [-0.15, -0.1) is 0 Å². The summed E-state index contributed by atoms with van der Waals surface area (Å²) in [5.41, 5.74) is 0.151. The molecule has 0 unspecified atom stereocenters. The minimum Gasteiger partial charge on any atom is -0.464 e. The van der Waals surface area contributed by atoms with Gasteiger partial charge in [0.1, 0.15) is 17.7 Å². The SMILES string of the molecule is CCOC(=O)[C@H](CC#Cc1cc(F)cc(F)c1)NC(C)=O. The van der Waals surface area contributed by atoms with Crippen molar-refractivity contribution in [1.29, 1.82) is 0 Å². The van der Waals surface area contributed by atoms with Gasteiger partial charge in [0, 0.05) is 25.0 Å². The van der Waals surface area contributed by atoms with Crippen molar-refractivity contribution >= 4 is 11.9 Å². The number of nitrogens with one attached hydrogen (secondary N) is 1. The Morgan fingerprint density at radius 1 is 1.29 bits per heavy atom. The third-order valence-corrected chi connectivity index (χ3v) is 2.35. The predicted molar refractivity (Wildman–Crippen MR) is 72.1 cm³/mol. The van der Waals surface area contributed by atoms with E-state index < -0.39 is 29.6 Å². The number of hydrogen-bond acceptors (Lipinski definition) is 3. The Morgan fingerprint density at radius 3 is 2.43 bits per heavy atom. The first-order valence-electron chi connectivity index (χ1n) is 6.31. The van der Waals surface area contributed by atoms with Gasteiger partial charge in [-0.1, -0.05) is 11.8 Å². The van der Waals surface area contributed by atoms with Crippen molar-refractivity contribution in [2.45, 2.75) is 26.3 Å². The van der Waals surface area contributed by atoms with Crippen LogP contribution in [0.15, 0.2) is 18.2 Å². The molecule has 1 aromatic carbocycles. The molecule has 1 aromatic rings. The molecule has 112 valence electrons. The van der Waals surface area contributed by atoms with Crippen molar-refractivity contribution in [2.75, 3.05) is 6.61 Å². The number of amides is 1. The maximum atomic E-state index is 13.0. The molecule has 1 rings (SSSR count). The molecule has 0 saturated heterocycles. The largest absolute Gasteiger partial charge is 0.464 e. The zero-order chi connectivity index (χ0) is 15.8. The van der Waals surface area contributed by atoms with Gasteiger partial charge in [-0.25, -0.2) is 13.6 Å². The highest BCUT2D eigenvalue weighted by molar-refractivity contribution is 5.83. The molecule has 0 fully saturated rings. The van der Waals surface area contributed by atoms with Crippen LogP contribution in [0.4, 0.5) is 8.78 Å². The van der Waals surface area contributed by atoms with Crippen LogP contribution in [0.2, 0.25) is 0 Å². The van der Waals surface area contributed by atoms with E-state index in [1.807, 2.05) is 0 Å². The van der Waals surface area contributed by atoms with Gasteiger partial charge in [0.25, 0.3) is 0 Å². The Balaban J connectivity index is 2.78. The first kappa shape index (κ1) is 16.6. The van der Waals surface area contributed by atoms with Crippen LogP contribution >= 0.6 is 0 Å². The van der Waals surface area contributed by atoms with Crippen LogP contribution < -0.4 is 5.32 Å². The highest BCUT2D eigenvalue weighted by atomic mass is 19.1. The van der Waals surface area contributed by atoms with E-state index in [4.69, 9.17) is 4.74 Å². The second-order valence-corrected chi connectivity index (χ2v) is 4.17. The quantitative estimate of drug-likeness (QED) is 0.680. The number of esters is 1. The fourth-order valence-electron chi connectivity index (χ4n) is 1.56. The van der Waals surface area contributed by atoms with Crippen LogP contribution in [-0.2, 0) is 14.3 Å². The number of carbonyl (C=O) groups excluding carboxylic acids is 2. The van der Waals surface area contributed by atoms with E-state index in [0.29, 0.717) is 0 Å². The van der Waals surface area contributed by atoms with Crippen LogP contribution in [0.5, 0.6) is 0 Å². The topological polar surface area (TPSA) is 55.4 Å². The van der Waals surface area contributed by atoms with E-state index in [0.717, 1.165) is 18.2 Å². The number of carbonyl (C=O) groups is 2. The average Bonchev–Trinajstić information content (AvgIpc) is 2.36. The van der Waals surface area contributed by atoms with Crippen LogP contribution in [0.1, 0.15) is 25.8 Å². The van der Waals surface area contributed by atoms with E-state index in [-0.39, 0.29) is 18.6 Å². The highest BCUT2D eigenvalue weighted by Gasteiger charge is 2.19. The zero-order valence-corrected chi connectivity index (χ0v) is 11.7. The monoisotopic (exact) mass is 295 g/mol. The van der Waals surface area contributed by atoms with Crippen molar-refractivity contribution in [3.8, 4) is 11.8 Å². The van der Waals surface area contributed by atoms with Crippen molar-refractivity contribution in [1.82, 2.24) is 5.32 Å². The summed E-state index contributed by atoms with van der Waals surface area (Å²) in [6.07, 6.45) is -0.0173. The summed E-state index contributed by atoms with van der Waals surface area (Å²) < 4.78 is 30.8. The fourth-order valence-corrected chi connectivity index (χ4v) is 1.56. The maximum Gasteiger partial charge on any atom is 0.329 e.